The Labute approximate surface area is 122 Å². The lowest BCUT2D eigenvalue weighted by Gasteiger charge is -2.27. The third-order valence-corrected chi connectivity index (χ3v) is 2.74. The van der Waals surface area contributed by atoms with Crippen molar-refractivity contribution in [3.05, 3.63) is 0 Å². The number of ether oxygens (including phenoxy) is 1. The van der Waals surface area contributed by atoms with Gasteiger partial charge in [0.1, 0.15) is 12.1 Å². The van der Waals surface area contributed by atoms with Gasteiger partial charge in [0.25, 0.3) is 0 Å². The fourth-order valence-corrected chi connectivity index (χ4v) is 1.14. The summed E-state index contributed by atoms with van der Waals surface area (Å²) in [7, 11) is 0. The molecule has 9 nitrogen and oxygen atoms in total. The van der Waals surface area contributed by atoms with Crippen molar-refractivity contribution in [2.45, 2.75) is 32.4 Å². The Bertz CT molecular complexity index is 384. The van der Waals surface area contributed by atoms with E-state index < -0.39 is 48.6 Å². The Hall–Kier alpha value is -1.55. The Morgan fingerprint density at radius 1 is 1.29 bits per heavy atom. The van der Waals surface area contributed by atoms with Crippen molar-refractivity contribution >= 4 is 17.8 Å². The van der Waals surface area contributed by atoms with E-state index in [9.17, 15) is 19.5 Å². The van der Waals surface area contributed by atoms with Crippen LogP contribution in [0.2, 0.25) is 0 Å². The maximum Gasteiger partial charge on any atom is 0.332 e. The van der Waals surface area contributed by atoms with Crippen molar-refractivity contribution in [3.8, 4) is 0 Å². The number of hydrogen-bond donors (Lipinski definition) is 5. The molecule has 0 bridgehead atoms. The van der Waals surface area contributed by atoms with Crippen LogP contribution in [-0.2, 0) is 19.1 Å². The van der Waals surface area contributed by atoms with Crippen LogP contribution in [0.5, 0.6) is 0 Å². The highest BCUT2D eigenvalue weighted by molar-refractivity contribution is 5.88. The SMILES string of the molecule is CC(C)(CO)[C@@H](O)C(=O)NCCC(=O)OC(=O)[C@@H](N)CO. The second kappa shape index (κ2) is 8.67. The molecule has 6 N–H and O–H groups in total. The van der Waals surface area contributed by atoms with E-state index >= 15 is 0 Å². The fourth-order valence-electron chi connectivity index (χ4n) is 1.14. The van der Waals surface area contributed by atoms with Gasteiger partial charge in [0.2, 0.25) is 5.91 Å². The summed E-state index contributed by atoms with van der Waals surface area (Å²) in [5, 5.41) is 29.6. The molecule has 0 radical (unpaired) electrons. The summed E-state index contributed by atoms with van der Waals surface area (Å²) in [5.74, 6) is -2.73. The molecule has 0 aliphatic rings. The van der Waals surface area contributed by atoms with Gasteiger partial charge in [-0.15, -0.1) is 0 Å². The van der Waals surface area contributed by atoms with Gasteiger partial charge in [-0.3, -0.25) is 9.59 Å². The standard InChI is InChI=1S/C12H22N2O7/c1-12(2,6-16)9(18)10(19)14-4-3-8(17)21-11(20)7(13)5-15/h7,9,15-16,18H,3-6,13H2,1-2H3,(H,14,19)/t7-,9-/m0/s1. The average Bonchev–Trinajstić information content (AvgIpc) is 2.44. The van der Waals surface area contributed by atoms with Gasteiger partial charge < -0.3 is 31.1 Å². The van der Waals surface area contributed by atoms with Gasteiger partial charge >= 0.3 is 11.9 Å². The molecule has 0 saturated carbocycles. The van der Waals surface area contributed by atoms with E-state index in [1.165, 1.54) is 13.8 Å². The summed E-state index contributed by atoms with van der Waals surface area (Å²) in [4.78, 5) is 33.9. The van der Waals surface area contributed by atoms with Crippen molar-refractivity contribution in [2.24, 2.45) is 11.1 Å². The molecule has 0 unspecified atom stereocenters. The van der Waals surface area contributed by atoms with Gasteiger partial charge in [0, 0.05) is 12.0 Å². The molecule has 0 rings (SSSR count). The molecular weight excluding hydrogens is 284 g/mol. The van der Waals surface area contributed by atoms with E-state index in [0.717, 1.165) is 0 Å². The molecule has 0 aromatic heterocycles. The molecule has 0 aliphatic heterocycles. The zero-order valence-electron chi connectivity index (χ0n) is 12.0. The highest BCUT2D eigenvalue weighted by Gasteiger charge is 2.32. The van der Waals surface area contributed by atoms with Crippen LogP contribution in [-0.4, -0.2) is 65.1 Å². The Balaban J connectivity index is 4.12. The first-order chi connectivity index (χ1) is 9.65. The molecule has 1 amide bonds. The molecule has 2 atom stereocenters. The lowest BCUT2D eigenvalue weighted by atomic mass is 9.87. The van der Waals surface area contributed by atoms with E-state index in [2.05, 4.69) is 10.1 Å². The Morgan fingerprint density at radius 2 is 1.86 bits per heavy atom. The molecule has 0 saturated heterocycles. The lowest BCUT2D eigenvalue weighted by Crippen LogP contribution is -2.46. The van der Waals surface area contributed by atoms with Gasteiger partial charge in [0.15, 0.2) is 0 Å². The van der Waals surface area contributed by atoms with Crippen molar-refractivity contribution in [3.63, 3.8) is 0 Å². The number of aliphatic hydroxyl groups excluding tert-OH is 3. The molecule has 0 fully saturated rings. The minimum absolute atomic E-state index is 0.155. The number of rotatable bonds is 8. The first-order valence-corrected chi connectivity index (χ1v) is 6.33. The van der Waals surface area contributed by atoms with Gasteiger partial charge in [0.05, 0.1) is 19.6 Å². The van der Waals surface area contributed by atoms with Crippen molar-refractivity contribution in [2.75, 3.05) is 19.8 Å². The van der Waals surface area contributed by atoms with E-state index in [1.54, 1.807) is 0 Å². The second-order valence-corrected chi connectivity index (χ2v) is 5.17. The van der Waals surface area contributed by atoms with Gasteiger partial charge in [-0.25, -0.2) is 4.79 Å². The monoisotopic (exact) mass is 306 g/mol. The minimum Gasteiger partial charge on any atom is -0.396 e. The van der Waals surface area contributed by atoms with Crippen LogP contribution in [0.4, 0.5) is 0 Å². The Morgan fingerprint density at radius 3 is 2.33 bits per heavy atom. The first-order valence-electron chi connectivity index (χ1n) is 6.33. The number of esters is 2. The van der Waals surface area contributed by atoms with E-state index in [4.69, 9.17) is 15.9 Å². The van der Waals surface area contributed by atoms with Gasteiger partial charge in [-0.05, 0) is 0 Å². The summed E-state index contributed by atoms with van der Waals surface area (Å²) in [6, 6.07) is -1.30. The molecule has 0 heterocycles. The maximum absolute atomic E-state index is 11.6. The fraction of sp³-hybridized carbons (Fsp3) is 0.750. The molecule has 0 spiro atoms. The maximum atomic E-state index is 11.6. The van der Waals surface area contributed by atoms with Crippen molar-refractivity contribution < 1.29 is 34.4 Å². The van der Waals surface area contributed by atoms with Crippen LogP contribution in [0.15, 0.2) is 0 Å². The Kier molecular flexibility index (Phi) is 8.03. The van der Waals surface area contributed by atoms with E-state index in [-0.39, 0.29) is 13.0 Å². The molecular formula is C12H22N2O7. The minimum atomic E-state index is -1.44. The van der Waals surface area contributed by atoms with Gasteiger partial charge in [-0.2, -0.15) is 0 Å². The number of hydrogen-bond acceptors (Lipinski definition) is 8. The highest BCUT2D eigenvalue weighted by atomic mass is 16.6. The molecule has 21 heavy (non-hydrogen) atoms. The third-order valence-electron chi connectivity index (χ3n) is 2.74. The number of carbonyl (C=O) groups is 3. The topological polar surface area (TPSA) is 159 Å². The summed E-state index contributed by atoms with van der Waals surface area (Å²) in [6.45, 7) is 1.81. The van der Waals surface area contributed by atoms with Crippen LogP contribution in [0, 0.1) is 5.41 Å². The number of carbonyl (C=O) groups excluding carboxylic acids is 3. The average molecular weight is 306 g/mol. The van der Waals surface area contributed by atoms with Crippen molar-refractivity contribution in [1.82, 2.24) is 5.32 Å². The summed E-state index contributed by atoms with van der Waals surface area (Å²) in [6.07, 6.45) is -1.75. The number of aliphatic hydroxyl groups is 3. The number of amides is 1. The second-order valence-electron chi connectivity index (χ2n) is 5.17. The molecule has 0 aromatic rings. The predicted molar refractivity (Wildman–Crippen MR) is 70.7 cm³/mol. The van der Waals surface area contributed by atoms with E-state index in [1.807, 2.05) is 0 Å². The van der Waals surface area contributed by atoms with Gasteiger partial charge in [-0.1, -0.05) is 13.8 Å². The normalized spacial score (nSPS) is 14.2. The van der Waals surface area contributed by atoms with Crippen LogP contribution < -0.4 is 11.1 Å². The largest absolute Gasteiger partial charge is 0.396 e. The van der Waals surface area contributed by atoms with E-state index in [0.29, 0.717) is 0 Å². The smallest absolute Gasteiger partial charge is 0.332 e. The quantitative estimate of drug-likeness (QED) is 0.238. The van der Waals surface area contributed by atoms with Crippen LogP contribution in [0.25, 0.3) is 0 Å². The number of nitrogens with one attached hydrogen (secondary N) is 1. The third kappa shape index (κ3) is 6.63. The first kappa shape index (κ1) is 19.4. The van der Waals surface area contributed by atoms with Crippen LogP contribution in [0.3, 0.4) is 0 Å². The zero-order chi connectivity index (χ0) is 16.6. The van der Waals surface area contributed by atoms with Crippen molar-refractivity contribution in [1.29, 1.82) is 0 Å². The highest BCUT2D eigenvalue weighted by Crippen LogP contribution is 2.19. The summed E-state index contributed by atoms with van der Waals surface area (Å²) < 4.78 is 4.32. The van der Waals surface area contributed by atoms with Crippen LogP contribution >= 0.6 is 0 Å². The molecule has 0 aliphatic carbocycles. The molecule has 0 aromatic carbocycles. The molecule has 9 heteroatoms. The lowest BCUT2D eigenvalue weighted by molar-refractivity contribution is -0.161. The summed E-state index contributed by atoms with van der Waals surface area (Å²) >= 11 is 0. The van der Waals surface area contributed by atoms with Crippen LogP contribution in [0.1, 0.15) is 20.3 Å². The number of nitrogens with two attached hydrogens (primary N) is 1. The zero-order valence-corrected chi connectivity index (χ0v) is 12.0. The molecule has 122 valence electrons. The summed E-state index contributed by atoms with van der Waals surface area (Å²) in [5.41, 5.74) is 4.12. The predicted octanol–water partition coefficient (Wildman–Crippen LogP) is -2.74.